The van der Waals surface area contributed by atoms with Gasteiger partial charge in [-0.05, 0) is 41.7 Å². The fraction of sp³-hybridized carbons (Fsp3) is 0.256. The largest absolute Gasteiger partial charge is 0.445 e. The Balaban J connectivity index is 1.25. The molecule has 1 aliphatic heterocycles. The zero-order valence-electron chi connectivity index (χ0n) is 32.9. The average molecular weight is 819 g/mol. The monoisotopic (exact) mass is 818 g/mol. The lowest BCUT2D eigenvalue weighted by Crippen LogP contribution is -2.57. The number of benzene rings is 4. The molecule has 0 aliphatic carbocycles. The Morgan fingerprint density at radius 1 is 0.800 bits per heavy atom. The van der Waals surface area contributed by atoms with Crippen molar-refractivity contribution in [2.45, 2.75) is 51.2 Å². The van der Waals surface area contributed by atoms with Crippen LogP contribution in [0.5, 0.6) is 0 Å². The molecule has 6 amide bonds. The van der Waals surface area contributed by atoms with Gasteiger partial charge in [-0.15, -0.1) is 4.99 Å². The number of nitrogens with one attached hydrogen (secondary N) is 3. The van der Waals surface area contributed by atoms with E-state index in [2.05, 4.69) is 25.9 Å². The molecular weight excluding hydrogens is 773 g/mol. The number of guanidine groups is 2. The summed E-state index contributed by atoms with van der Waals surface area (Å²) >= 11 is 0. The Hall–Kier alpha value is -7.56. The van der Waals surface area contributed by atoms with E-state index in [1.807, 2.05) is 18.2 Å². The van der Waals surface area contributed by atoms with Crippen LogP contribution < -0.4 is 21.7 Å². The van der Waals surface area contributed by atoms with Crippen LogP contribution in [0.1, 0.15) is 46.3 Å². The predicted octanol–water partition coefficient (Wildman–Crippen LogP) is 4.48. The van der Waals surface area contributed by atoms with E-state index in [4.69, 9.17) is 19.9 Å². The van der Waals surface area contributed by atoms with E-state index in [0.29, 0.717) is 16.7 Å². The van der Waals surface area contributed by atoms with Crippen molar-refractivity contribution in [2.24, 2.45) is 15.7 Å². The van der Waals surface area contributed by atoms with Crippen molar-refractivity contribution in [3.8, 4) is 0 Å². The first-order valence-electron chi connectivity index (χ1n) is 19.0. The van der Waals surface area contributed by atoms with Crippen molar-refractivity contribution in [1.82, 2.24) is 25.8 Å². The SMILES string of the molecule is CN(C(=O)C[C@H](CCCN(C(=O)OCc1ccccc1)/C(N)=N/C(=O)OCc1ccccc1)NC(=O)OCc1ccccc1)C1CN=C(NC(=O)c2ccccc2)NC1=O. The molecule has 1 heterocycles. The standard InChI is InChI=1S/C43H46N8O9/c1-50(35-26-45-40(48-38(35)54)47-37(53)33-21-12-5-13-22-33)36(52)25-34(46-41(55)58-27-30-15-6-2-7-16-30)23-14-24-51(43(57)60-29-32-19-10-4-11-20-32)39(44)49-42(56)59-28-31-17-8-3-9-18-31/h2-13,15-22,34-35H,14,23-29H2,1H3,(H,46,55)(H2,44,49,56)(H2,45,47,48,53,54)/t34-,35?/m0/s1. The van der Waals surface area contributed by atoms with Crippen LogP contribution in [0.3, 0.4) is 0 Å². The summed E-state index contributed by atoms with van der Waals surface area (Å²) in [6.45, 7) is -0.494. The first-order chi connectivity index (χ1) is 29.0. The lowest BCUT2D eigenvalue weighted by molar-refractivity contribution is -0.138. The highest BCUT2D eigenvalue weighted by Crippen LogP contribution is 2.13. The highest BCUT2D eigenvalue weighted by Gasteiger charge is 2.32. The first kappa shape index (κ1) is 43.6. The van der Waals surface area contributed by atoms with E-state index >= 15 is 0 Å². The third kappa shape index (κ3) is 13.8. The Bertz CT molecular complexity index is 2140. The quantitative estimate of drug-likeness (QED) is 0.0748. The van der Waals surface area contributed by atoms with E-state index in [1.165, 1.54) is 11.9 Å². The Morgan fingerprint density at radius 2 is 1.33 bits per heavy atom. The fourth-order valence-electron chi connectivity index (χ4n) is 5.82. The molecule has 0 bridgehead atoms. The van der Waals surface area contributed by atoms with E-state index < -0.39 is 54.0 Å². The van der Waals surface area contributed by atoms with Crippen LogP contribution in [0, 0.1) is 0 Å². The molecule has 0 spiro atoms. The molecule has 4 aromatic carbocycles. The Labute approximate surface area is 346 Å². The molecule has 0 aromatic heterocycles. The molecule has 17 nitrogen and oxygen atoms in total. The van der Waals surface area contributed by atoms with Gasteiger partial charge in [0.05, 0.1) is 6.54 Å². The van der Waals surface area contributed by atoms with E-state index in [9.17, 15) is 28.8 Å². The molecule has 5 rings (SSSR count). The lowest BCUT2D eigenvalue weighted by Gasteiger charge is -2.30. The van der Waals surface area contributed by atoms with Gasteiger partial charge >= 0.3 is 18.3 Å². The van der Waals surface area contributed by atoms with Crippen LogP contribution in [0.15, 0.2) is 131 Å². The number of aliphatic imine (C=N–C) groups is 2. The summed E-state index contributed by atoms with van der Waals surface area (Å²) in [4.78, 5) is 88.6. The van der Waals surface area contributed by atoms with Crippen LogP contribution in [-0.2, 0) is 43.6 Å². The fourth-order valence-corrected chi connectivity index (χ4v) is 5.82. The number of alkyl carbamates (subject to hydrolysis) is 1. The van der Waals surface area contributed by atoms with Crippen LogP contribution in [0.4, 0.5) is 14.4 Å². The summed E-state index contributed by atoms with van der Waals surface area (Å²) in [6, 6.07) is 33.3. The Kier molecular flexibility index (Phi) is 16.3. The minimum atomic E-state index is -1.03. The van der Waals surface area contributed by atoms with Gasteiger partial charge in [0.2, 0.25) is 17.8 Å². The van der Waals surface area contributed by atoms with Crippen LogP contribution >= 0.6 is 0 Å². The first-order valence-corrected chi connectivity index (χ1v) is 19.0. The summed E-state index contributed by atoms with van der Waals surface area (Å²) in [6.07, 6.45) is -2.81. The maximum atomic E-state index is 13.7. The number of carbonyl (C=O) groups excluding carboxylic acids is 6. The van der Waals surface area contributed by atoms with Crippen LogP contribution in [-0.4, -0.2) is 89.9 Å². The second-order valence-electron chi connectivity index (χ2n) is 13.5. The van der Waals surface area contributed by atoms with Gasteiger partial charge in [0.1, 0.15) is 25.9 Å². The maximum absolute atomic E-state index is 13.7. The summed E-state index contributed by atoms with van der Waals surface area (Å²) in [7, 11) is 1.43. The molecule has 1 aliphatic rings. The van der Waals surface area contributed by atoms with Gasteiger partial charge in [-0.3, -0.25) is 25.0 Å². The minimum absolute atomic E-state index is 0.0367. The number of amides is 6. The van der Waals surface area contributed by atoms with Gasteiger partial charge in [-0.1, -0.05) is 109 Å². The molecule has 1 unspecified atom stereocenters. The second kappa shape index (κ2) is 22.4. The summed E-state index contributed by atoms with van der Waals surface area (Å²) < 4.78 is 16.1. The number of rotatable bonds is 15. The normalized spacial score (nSPS) is 14.0. The number of nitrogens with two attached hydrogens (primary N) is 1. The second-order valence-corrected chi connectivity index (χ2v) is 13.5. The van der Waals surface area contributed by atoms with Gasteiger partial charge in [0.25, 0.3) is 11.8 Å². The van der Waals surface area contributed by atoms with Gasteiger partial charge in [0, 0.05) is 31.6 Å². The zero-order valence-corrected chi connectivity index (χ0v) is 32.9. The average Bonchev–Trinajstić information content (AvgIpc) is 3.26. The van der Waals surface area contributed by atoms with Crippen molar-refractivity contribution in [2.75, 3.05) is 20.1 Å². The molecule has 0 fully saturated rings. The number of hydrogen-bond donors (Lipinski definition) is 4. The van der Waals surface area contributed by atoms with E-state index in [0.717, 1.165) is 10.5 Å². The summed E-state index contributed by atoms with van der Waals surface area (Å²) in [5.41, 5.74) is 8.71. The van der Waals surface area contributed by atoms with Gasteiger partial charge in [0.15, 0.2) is 0 Å². The molecule has 2 atom stereocenters. The lowest BCUT2D eigenvalue weighted by atomic mass is 10.1. The molecule has 0 saturated carbocycles. The number of carbonyl (C=O) groups is 6. The molecule has 60 heavy (non-hydrogen) atoms. The maximum Gasteiger partial charge on any atom is 0.437 e. The van der Waals surface area contributed by atoms with E-state index in [1.54, 1.807) is 103 Å². The summed E-state index contributed by atoms with van der Waals surface area (Å²) in [5, 5.41) is 7.80. The predicted molar refractivity (Wildman–Crippen MR) is 220 cm³/mol. The van der Waals surface area contributed by atoms with Crippen molar-refractivity contribution < 1.29 is 43.0 Å². The molecule has 17 heteroatoms. The minimum Gasteiger partial charge on any atom is -0.445 e. The zero-order chi connectivity index (χ0) is 42.7. The van der Waals surface area contributed by atoms with Crippen LogP contribution in [0.25, 0.3) is 0 Å². The highest BCUT2D eigenvalue weighted by molar-refractivity contribution is 6.11. The van der Waals surface area contributed by atoms with Crippen molar-refractivity contribution in [3.05, 3.63) is 144 Å². The molecule has 0 radical (unpaired) electrons. The molecule has 0 saturated heterocycles. The number of hydrogen-bond acceptors (Lipinski definition) is 10. The molecular formula is C43H46N8O9. The third-order valence-corrected chi connectivity index (χ3v) is 9.10. The Morgan fingerprint density at radius 3 is 1.90 bits per heavy atom. The van der Waals surface area contributed by atoms with Gasteiger partial charge in [-0.2, -0.15) is 0 Å². The van der Waals surface area contributed by atoms with Crippen LogP contribution in [0.2, 0.25) is 0 Å². The van der Waals surface area contributed by atoms with Crippen molar-refractivity contribution in [3.63, 3.8) is 0 Å². The topological polar surface area (TPSA) is 223 Å². The molecule has 312 valence electrons. The number of nitrogens with zero attached hydrogens (tertiary/aromatic N) is 4. The van der Waals surface area contributed by atoms with Crippen molar-refractivity contribution >= 4 is 47.9 Å². The van der Waals surface area contributed by atoms with Crippen molar-refractivity contribution in [1.29, 1.82) is 0 Å². The summed E-state index contributed by atoms with van der Waals surface area (Å²) in [5.74, 6) is -2.10. The molecule has 4 aromatic rings. The smallest absolute Gasteiger partial charge is 0.437 e. The van der Waals surface area contributed by atoms with Gasteiger partial charge < -0.3 is 30.2 Å². The number of ether oxygens (including phenoxy) is 3. The number of likely N-dealkylation sites (N-methyl/N-ethyl adjacent to an activating group) is 1. The van der Waals surface area contributed by atoms with Gasteiger partial charge in [-0.25, -0.2) is 24.3 Å². The third-order valence-electron chi connectivity index (χ3n) is 9.10. The molecule has 5 N–H and O–H groups in total. The van der Waals surface area contributed by atoms with E-state index in [-0.39, 0.29) is 58.1 Å². The highest BCUT2D eigenvalue weighted by atomic mass is 16.6.